The lowest BCUT2D eigenvalue weighted by atomic mass is 10.4. The number of hydrogen-bond donors (Lipinski definition) is 1. The lowest BCUT2D eigenvalue weighted by Gasteiger charge is -2.13. The molecule has 1 heterocycles. The highest BCUT2D eigenvalue weighted by Gasteiger charge is 2.36. The molecule has 1 unspecified atom stereocenters. The van der Waals surface area contributed by atoms with Gasteiger partial charge in [0.25, 0.3) is 0 Å². The van der Waals surface area contributed by atoms with Gasteiger partial charge in [-0.15, -0.1) is 10.2 Å². The predicted octanol–water partition coefficient (Wildman–Crippen LogP) is 2.21. The zero-order chi connectivity index (χ0) is 13.9. The van der Waals surface area contributed by atoms with Crippen LogP contribution in [-0.2, 0) is 4.74 Å². The number of nitrogens with zero attached hydrogens (tertiary/aromatic N) is 3. The van der Waals surface area contributed by atoms with Crippen LogP contribution >= 0.6 is 11.8 Å². The molecule has 0 saturated heterocycles. The molecule has 0 spiro atoms. The van der Waals surface area contributed by atoms with Crippen LogP contribution in [0.5, 0.6) is 0 Å². The lowest BCUT2D eigenvalue weighted by molar-refractivity contribution is 0.199. The van der Waals surface area contributed by atoms with Crippen molar-refractivity contribution in [3.63, 3.8) is 0 Å². The first kappa shape index (κ1) is 14.4. The average Bonchev–Trinajstić information content (AvgIpc) is 3.34. The van der Waals surface area contributed by atoms with E-state index in [1.165, 1.54) is 31.5 Å². The van der Waals surface area contributed by atoms with E-state index in [1.807, 2.05) is 11.8 Å². The van der Waals surface area contributed by atoms with Crippen LogP contribution in [-0.4, -0.2) is 46.8 Å². The van der Waals surface area contributed by atoms with Crippen molar-refractivity contribution in [1.82, 2.24) is 20.1 Å². The second kappa shape index (κ2) is 6.45. The van der Waals surface area contributed by atoms with E-state index in [0.717, 1.165) is 24.9 Å². The largest absolute Gasteiger partial charge is 0.383 e. The van der Waals surface area contributed by atoms with Crippen LogP contribution in [0.2, 0.25) is 0 Å². The smallest absolute Gasteiger partial charge is 0.191 e. The Bertz CT molecular complexity index is 442. The average molecular weight is 296 g/mol. The molecule has 0 radical (unpaired) electrons. The summed E-state index contributed by atoms with van der Waals surface area (Å²) in [5.74, 6) is 1.93. The van der Waals surface area contributed by atoms with Gasteiger partial charge in [-0.25, -0.2) is 0 Å². The van der Waals surface area contributed by atoms with E-state index in [0.29, 0.717) is 17.2 Å². The van der Waals surface area contributed by atoms with Crippen LogP contribution < -0.4 is 5.32 Å². The molecule has 2 aliphatic rings. The van der Waals surface area contributed by atoms with Crippen LogP contribution in [0.15, 0.2) is 5.16 Å². The van der Waals surface area contributed by atoms with Gasteiger partial charge < -0.3 is 14.6 Å². The third-order valence-electron chi connectivity index (χ3n) is 3.77. The molecular formula is C14H24N4OS. The molecule has 112 valence electrons. The number of aromatic nitrogens is 3. The number of rotatable bonds is 9. The monoisotopic (exact) mass is 296 g/mol. The van der Waals surface area contributed by atoms with Crippen molar-refractivity contribution in [1.29, 1.82) is 0 Å². The van der Waals surface area contributed by atoms with Crippen LogP contribution in [0.4, 0.5) is 0 Å². The Hall–Kier alpha value is -0.590. The molecule has 20 heavy (non-hydrogen) atoms. The molecule has 5 nitrogen and oxygen atoms in total. The van der Waals surface area contributed by atoms with Crippen molar-refractivity contribution in [2.24, 2.45) is 0 Å². The summed E-state index contributed by atoms with van der Waals surface area (Å²) < 4.78 is 7.47. The molecule has 2 fully saturated rings. The minimum absolute atomic E-state index is 0.501. The standard InChI is InChI=1S/C14H24N4OS/c1-10(9-15-7-8-19-2)20-14-17-16-13(11-3-4-11)18(14)12-5-6-12/h10-12,15H,3-9H2,1-2H3. The van der Waals surface area contributed by atoms with E-state index in [2.05, 4.69) is 27.0 Å². The Morgan fingerprint density at radius 1 is 1.35 bits per heavy atom. The fourth-order valence-electron chi connectivity index (χ4n) is 2.37. The maximum absolute atomic E-state index is 5.04. The molecule has 2 aliphatic carbocycles. The molecule has 1 aromatic heterocycles. The molecule has 3 rings (SSSR count). The predicted molar refractivity (Wildman–Crippen MR) is 80.3 cm³/mol. The molecule has 0 aliphatic heterocycles. The molecular weight excluding hydrogens is 272 g/mol. The Labute approximate surface area is 124 Å². The van der Waals surface area contributed by atoms with Crippen molar-refractivity contribution in [2.75, 3.05) is 26.8 Å². The second-order valence-electron chi connectivity index (χ2n) is 5.84. The molecule has 0 amide bonds. The zero-order valence-corrected chi connectivity index (χ0v) is 13.2. The van der Waals surface area contributed by atoms with Gasteiger partial charge in [-0.2, -0.15) is 0 Å². The third kappa shape index (κ3) is 3.54. The summed E-state index contributed by atoms with van der Waals surface area (Å²) in [5.41, 5.74) is 0. The van der Waals surface area contributed by atoms with Gasteiger partial charge in [-0.05, 0) is 25.7 Å². The highest BCUT2D eigenvalue weighted by molar-refractivity contribution is 7.99. The van der Waals surface area contributed by atoms with Crippen molar-refractivity contribution in [2.45, 2.75) is 55.0 Å². The lowest BCUT2D eigenvalue weighted by Crippen LogP contribution is -2.26. The van der Waals surface area contributed by atoms with Crippen molar-refractivity contribution in [3.05, 3.63) is 5.82 Å². The minimum Gasteiger partial charge on any atom is -0.383 e. The highest BCUT2D eigenvalue weighted by atomic mass is 32.2. The summed E-state index contributed by atoms with van der Waals surface area (Å²) in [6.45, 7) is 4.89. The van der Waals surface area contributed by atoms with Gasteiger partial charge in [0.2, 0.25) is 0 Å². The highest BCUT2D eigenvalue weighted by Crippen LogP contribution is 2.46. The van der Waals surface area contributed by atoms with Gasteiger partial charge in [0, 0.05) is 37.4 Å². The molecule has 6 heteroatoms. The third-order valence-corrected chi connectivity index (χ3v) is 4.82. The summed E-state index contributed by atoms with van der Waals surface area (Å²) in [4.78, 5) is 0. The number of nitrogens with one attached hydrogen (secondary N) is 1. The Morgan fingerprint density at radius 3 is 2.80 bits per heavy atom. The molecule has 1 N–H and O–H groups in total. The normalized spacial score (nSPS) is 20.3. The molecule has 2 saturated carbocycles. The Kier molecular flexibility index (Phi) is 4.63. The van der Waals surface area contributed by atoms with Gasteiger partial charge >= 0.3 is 0 Å². The summed E-state index contributed by atoms with van der Waals surface area (Å²) >= 11 is 1.85. The maximum atomic E-state index is 5.04. The van der Waals surface area contributed by atoms with Gasteiger partial charge in [-0.3, -0.25) is 0 Å². The van der Waals surface area contributed by atoms with E-state index in [-0.39, 0.29) is 0 Å². The zero-order valence-electron chi connectivity index (χ0n) is 12.3. The fraction of sp³-hybridized carbons (Fsp3) is 0.857. The van der Waals surface area contributed by atoms with Crippen molar-refractivity contribution in [3.8, 4) is 0 Å². The first-order chi connectivity index (χ1) is 9.79. The quantitative estimate of drug-likeness (QED) is 0.559. The van der Waals surface area contributed by atoms with Gasteiger partial charge in [0.1, 0.15) is 5.82 Å². The SMILES string of the molecule is COCCNCC(C)Sc1nnc(C2CC2)n1C1CC1. The van der Waals surface area contributed by atoms with E-state index in [4.69, 9.17) is 4.74 Å². The summed E-state index contributed by atoms with van der Waals surface area (Å²) in [6, 6.07) is 0.678. The van der Waals surface area contributed by atoms with E-state index >= 15 is 0 Å². The molecule has 1 atom stereocenters. The summed E-state index contributed by atoms with van der Waals surface area (Å²) in [7, 11) is 1.73. The number of ether oxygens (including phenoxy) is 1. The number of thioether (sulfide) groups is 1. The van der Waals surface area contributed by atoms with E-state index in [9.17, 15) is 0 Å². The topological polar surface area (TPSA) is 52.0 Å². The van der Waals surface area contributed by atoms with Crippen LogP contribution in [0, 0.1) is 0 Å². The molecule has 0 bridgehead atoms. The van der Waals surface area contributed by atoms with Gasteiger partial charge in [0.15, 0.2) is 5.16 Å². The van der Waals surface area contributed by atoms with Gasteiger partial charge in [0.05, 0.1) is 6.61 Å². The van der Waals surface area contributed by atoms with Crippen LogP contribution in [0.3, 0.4) is 0 Å². The molecule has 1 aromatic rings. The first-order valence-corrected chi connectivity index (χ1v) is 8.48. The molecule has 0 aromatic carbocycles. The Morgan fingerprint density at radius 2 is 2.15 bits per heavy atom. The Balaban J connectivity index is 1.56. The fourth-order valence-corrected chi connectivity index (χ4v) is 3.37. The number of methoxy groups -OCH3 is 1. The van der Waals surface area contributed by atoms with Crippen LogP contribution in [0.1, 0.15) is 50.4 Å². The van der Waals surface area contributed by atoms with Gasteiger partial charge in [-0.1, -0.05) is 18.7 Å². The number of hydrogen-bond acceptors (Lipinski definition) is 5. The van der Waals surface area contributed by atoms with Crippen molar-refractivity contribution < 1.29 is 4.74 Å². The van der Waals surface area contributed by atoms with Crippen LogP contribution in [0.25, 0.3) is 0 Å². The summed E-state index contributed by atoms with van der Waals surface area (Å²) in [5, 5.41) is 13.9. The van der Waals surface area contributed by atoms with E-state index < -0.39 is 0 Å². The maximum Gasteiger partial charge on any atom is 0.191 e. The van der Waals surface area contributed by atoms with Crippen molar-refractivity contribution >= 4 is 11.8 Å². The minimum atomic E-state index is 0.501. The first-order valence-electron chi connectivity index (χ1n) is 7.60. The van der Waals surface area contributed by atoms with E-state index in [1.54, 1.807) is 7.11 Å². The summed E-state index contributed by atoms with van der Waals surface area (Å²) in [6.07, 6.45) is 5.19. The second-order valence-corrected chi connectivity index (χ2v) is 7.25.